The van der Waals surface area contributed by atoms with Gasteiger partial charge in [-0.1, -0.05) is 51.1 Å². The number of amides is 1. The van der Waals surface area contributed by atoms with Gasteiger partial charge in [-0.25, -0.2) is 0 Å². The van der Waals surface area contributed by atoms with E-state index in [2.05, 4.69) is 29.4 Å². The summed E-state index contributed by atoms with van der Waals surface area (Å²) in [6, 6.07) is 14.2. The summed E-state index contributed by atoms with van der Waals surface area (Å²) in [5, 5.41) is 3.07. The number of nitrogens with zero attached hydrogens (tertiary/aromatic N) is 1. The molecule has 0 aliphatic heterocycles. The van der Waals surface area contributed by atoms with Gasteiger partial charge < -0.3 is 5.32 Å². The van der Waals surface area contributed by atoms with E-state index in [9.17, 15) is 4.79 Å². The number of carbonyl (C=O) groups excluding carboxylic acids is 1. The van der Waals surface area contributed by atoms with Gasteiger partial charge in [-0.3, -0.25) is 9.78 Å². The maximum Gasteiger partial charge on any atom is 0.225 e. The second-order valence-electron chi connectivity index (χ2n) is 6.62. The molecule has 1 amide bonds. The van der Waals surface area contributed by atoms with E-state index in [1.54, 1.807) is 6.20 Å². The van der Waals surface area contributed by atoms with Gasteiger partial charge in [-0.2, -0.15) is 0 Å². The number of hydrogen-bond donors (Lipinski definition) is 1. The normalized spacial score (nSPS) is 12.7. The van der Waals surface area contributed by atoms with E-state index >= 15 is 0 Å². The smallest absolute Gasteiger partial charge is 0.225 e. The molecule has 0 radical (unpaired) electrons. The minimum atomic E-state index is -0.388. The maximum atomic E-state index is 12.2. The van der Waals surface area contributed by atoms with Crippen LogP contribution in [0.5, 0.6) is 0 Å². The number of pyridine rings is 1. The molecule has 0 fully saturated rings. The Hall–Kier alpha value is -2.16. The third-order valence-electron chi connectivity index (χ3n) is 3.76. The average molecular weight is 296 g/mol. The van der Waals surface area contributed by atoms with E-state index in [4.69, 9.17) is 0 Å². The summed E-state index contributed by atoms with van der Waals surface area (Å²) in [6.07, 6.45) is 1.80. The fourth-order valence-electron chi connectivity index (χ4n) is 2.39. The summed E-state index contributed by atoms with van der Waals surface area (Å²) in [6.45, 7) is 8.42. The lowest BCUT2D eigenvalue weighted by atomic mass is 9.90. The first-order chi connectivity index (χ1) is 10.4. The van der Waals surface area contributed by atoms with Gasteiger partial charge in [0.05, 0.1) is 0 Å². The first-order valence-corrected chi connectivity index (χ1v) is 7.64. The van der Waals surface area contributed by atoms with Crippen molar-refractivity contribution in [2.24, 2.45) is 5.41 Å². The molecule has 1 aromatic heterocycles. The SMILES string of the molecule is Cc1ccccc1C(CNC(=O)C(C)(C)C)c1ccccn1. The van der Waals surface area contributed by atoms with E-state index in [0.717, 1.165) is 5.69 Å². The molecular formula is C19H24N2O. The minimum Gasteiger partial charge on any atom is -0.355 e. The summed E-state index contributed by atoms with van der Waals surface area (Å²) in [5.74, 6) is 0.121. The van der Waals surface area contributed by atoms with Crippen molar-refractivity contribution in [2.75, 3.05) is 6.54 Å². The first kappa shape index (κ1) is 16.2. The molecule has 1 heterocycles. The van der Waals surface area contributed by atoms with Gasteiger partial charge in [0, 0.05) is 29.8 Å². The second-order valence-corrected chi connectivity index (χ2v) is 6.62. The van der Waals surface area contributed by atoms with Crippen LogP contribution in [0, 0.1) is 12.3 Å². The minimum absolute atomic E-state index is 0.0574. The quantitative estimate of drug-likeness (QED) is 0.935. The Morgan fingerprint density at radius 1 is 1.14 bits per heavy atom. The van der Waals surface area contributed by atoms with Crippen LogP contribution in [0.2, 0.25) is 0 Å². The van der Waals surface area contributed by atoms with Crippen LogP contribution in [0.1, 0.15) is 43.5 Å². The first-order valence-electron chi connectivity index (χ1n) is 7.64. The van der Waals surface area contributed by atoms with Crippen LogP contribution in [0.25, 0.3) is 0 Å². The molecule has 22 heavy (non-hydrogen) atoms. The van der Waals surface area contributed by atoms with Crippen molar-refractivity contribution in [1.82, 2.24) is 10.3 Å². The molecule has 1 aromatic carbocycles. The fourth-order valence-corrected chi connectivity index (χ4v) is 2.39. The Kier molecular flexibility index (Phi) is 4.96. The van der Waals surface area contributed by atoms with Gasteiger partial charge in [0.25, 0.3) is 0 Å². The standard InChI is InChI=1S/C19H24N2O/c1-14-9-5-6-10-15(14)16(17-11-7-8-12-20-17)13-21-18(22)19(2,3)4/h5-12,16H,13H2,1-4H3,(H,21,22). The monoisotopic (exact) mass is 296 g/mol. The zero-order chi connectivity index (χ0) is 16.2. The molecular weight excluding hydrogens is 272 g/mol. The van der Waals surface area contributed by atoms with Crippen LogP contribution in [-0.4, -0.2) is 17.4 Å². The lowest BCUT2D eigenvalue weighted by molar-refractivity contribution is -0.128. The van der Waals surface area contributed by atoms with Crippen molar-refractivity contribution in [3.8, 4) is 0 Å². The number of carbonyl (C=O) groups is 1. The summed E-state index contributed by atoms with van der Waals surface area (Å²) in [7, 11) is 0. The van der Waals surface area contributed by atoms with Gasteiger partial charge in [-0.15, -0.1) is 0 Å². The molecule has 3 heteroatoms. The molecule has 1 N–H and O–H groups in total. The van der Waals surface area contributed by atoms with Crippen molar-refractivity contribution >= 4 is 5.91 Å². The molecule has 0 aliphatic carbocycles. The summed E-state index contributed by atoms with van der Waals surface area (Å²) in [5.41, 5.74) is 3.00. The van der Waals surface area contributed by atoms with Crippen molar-refractivity contribution in [3.63, 3.8) is 0 Å². The van der Waals surface area contributed by atoms with Crippen LogP contribution >= 0.6 is 0 Å². The highest BCUT2D eigenvalue weighted by Crippen LogP contribution is 2.25. The van der Waals surface area contributed by atoms with Crippen molar-refractivity contribution in [2.45, 2.75) is 33.6 Å². The summed E-state index contributed by atoms with van der Waals surface area (Å²) >= 11 is 0. The molecule has 1 unspecified atom stereocenters. The molecule has 0 bridgehead atoms. The second kappa shape index (κ2) is 6.73. The van der Waals surface area contributed by atoms with E-state index in [0.29, 0.717) is 6.54 Å². The Balaban J connectivity index is 2.28. The fraction of sp³-hybridized carbons (Fsp3) is 0.368. The molecule has 2 aromatic rings. The highest BCUT2D eigenvalue weighted by atomic mass is 16.2. The molecule has 3 nitrogen and oxygen atoms in total. The molecule has 1 atom stereocenters. The lowest BCUT2D eigenvalue weighted by Gasteiger charge is -2.23. The van der Waals surface area contributed by atoms with Gasteiger partial charge in [0.15, 0.2) is 0 Å². The Morgan fingerprint density at radius 2 is 1.82 bits per heavy atom. The topological polar surface area (TPSA) is 42.0 Å². The lowest BCUT2D eigenvalue weighted by Crippen LogP contribution is -2.37. The van der Waals surface area contributed by atoms with Crippen molar-refractivity contribution < 1.29 is 4.79 Å². The van der Waals surface area contributed by atoms with Gasteiger partial charge in [0.2, 0.25) is 5.91 Å². The highest BCUT2D eigenvalue weighted by Gasteiger charge is 2.24. The third kappa shape index (κ3) is 3.94. The average Bonchev–Trinajstić information content (AvgIpc) is 2.49. The Morgan fingerprint density at radius 3 is 2.41 bits per heavy atom. The third-order valence-corrected chi connectivity index (χ3v) is 3.76. The molecule has 0 aliphatic rings. The number of aromatic nitrogens is 1. The van der Waals surface area contributed by atoms with Crippen LogP contribution in [0.3, 0.4) is 0 Å². The van der Waals surface area contributed by atoms with E-state index < -0.39 is 0 Å². The summed E-state index contributed by atoms with van der Waals surface area (Å²) in [4.78, 5) is 16.7. The highest BCUT2D eigenvalue weighted by molar-refractivity contribution is 5.81. The molecule has 0 spiro atoms. The molecule has 0 saturated heterocycles. The van der Waals surface area contributed by atoms with Crippen LogP contribution in [0.4, 0.5) is 0 Å². The Bertz CT molecular complexity index is 629. The van der Waals surface area contributed by atoms with Crippen molar-refractivity contribution in [3.05, 3.63) is 65.5 Å². The van der Waals surface area contributed by atoms with Crippen molar-refractivity contribution in [1.29, 1.82) is 0 Å². The van der Waals surface area contributed by atoms with E-state index in [1.807, 2.05) is 51.1 Å². The Labute approximate surface area is 132 Å². The molecule has 0 saturated carbocycles. The largest absolute Gasteiger partial charge is 0.355 e. The van der Waals surface area contributed by atoms with Gasteiger partial charge in [-0.05, 0) is 30.2 Å². The van der Waals surface area contributed by atoms with Crippen LogP contribution in [-0.2, 0) is 4.79 Å². The zero-order valence-electron chi connectivity index (χ0n) is 13.8. The predicted octanol–water partition coefficient (Wildman–Crippen LogP) is 3.68. The maximum absolute atomic E-state index is 12.2. The number of benzene rings is 1. The number of rotatable bonds is 4. The number of aryl methyl sites for hydroxylation is 1. The summed E-state index contributed by atoms with van der Waals surface area (Å²) < 4.78 is 0. The van der Waals surface area contributed by atoms with Crippen LogP contribution < -0.4 is 5.32 Å². The molecule has 2 rings (SSSR count). The van der Waals surface area contributed by atoms with Crippen LogP contribution in [0.15, 0.2) is 48.7 Å². The number of nitrogens with one attached hydrogen (secondary N) is 1. The predicted molar refractivity (Wildman–Crippen MR) is 89.7 cm³/mol. The number of hydrogen-bond acceptors (Lipinski definition) is 2. The van der Waals surface area contributed by atoms with E-state index in [-0.39, 0.29) is 17.2 Å². The molecule has 116 valence electrons. The zero-order valence-corrected chi connectivity index (χ0v) is 13.8. The van der Waals surface area contributed by atoms with Gasteiger partial charge in [0.1, 0.15) is 0 Å². The van der Waals surface area contributed by atoms with Gasteiger partial charge >= 0.3 is 0 Å². The van der Waals surface area contributed by atoms with E-state index in [1.165, 1.54) is 11.1 Å².